The monoisotopic (exact) mass is 398 g/mol. The molecule has 0 saturated heterocycles. The summed E-state index contributed by atoms with van der Waals surface area (Å²) in [5, 5.41) is 0.0346. The SMILES string of the molecule is CCOc1ccc(NS(=O)(=O)c2cc(OCC(N)=O)c(C)cc2Cl)cc1. The fourth-order valence-electron chi connectivity index (χ4n) is 2.14. The summed E-state index contributed by atoms with van der Waals surface area (Å²) < 4.78 is 38.3. The van der Waals surface area contributed by atoms with Gasteiger partial charge in [0.15, 0.2) is 6.61 Å². The molecule has 0 aliphatic carbocycles. The summed E-state index contributed by atoms with van der Waals surface area (Å²) in [7, 11) is -3.97. The van der Waals surface area contributed by atoms with Gasteiger partial charge in [-0.15, -0.1) is 0 Å². The number of halogens is 1. The quantitative estimate of drug-likeness (QED) is 0.710. The standard InChI is InChI=1S/C17H19ClN2O5S/c1-3-24-13-6-4-12(5-7-13)20-26(22,23)16-9-15(25-10-17(19)21)11(2)8-14(16)18/h4-9,20H,3,10H2,1-2H3,(H2,19,21). The van der Waals surface area contributed by atoms with Crippen LogP contribution in [-0.2, 0) is 14.8 Å². The molecular weight excluding hydrogens is 380 g/mol. The Morgan fingerprint density at radius 1 is 1.19 bits per heavy atom. The summed E-state index contributed by atoms with van der Waals surface area (Å²) in [5.41, 5.74) is 5.98. The number of hydrogen-bond donors (Lipinski definition) is 2. The minimum absolute atomic E-state index is 0.0346. The van der Waals surface area contributed by atoms with Crippen LogP contribution in [0.1, 0.15) is 12.5 Å². The largest absolute Gasteiger partial charge is 0.494 e. The Bertz CT molecular complexity index is 898. The average molecular weight is 399 g/mol. The first-order chi connectivity index (χ1) is 12.2. The van der Waals surface area contributed by atoms with Crippen molar-refractivity contribution >= 4 is 33.2 Å². The number of hydrogen-bond acceptors (Lipinski definition) is 5. The number of anilines is 1. The van der Waals surface area contributed by atoms with Gasteiger partial charge in [0, 0.05) is 11.8 Å². The molecule has 2 aromatic carbocycles. The van der Waals surface area contributed by atoms with Gasteiger partial charge >= 0.3 is 0 Å². The summed E-state index contributed by atoms with van der Waals surface area (Å²) in [6.45, 7) is 3.68. The van der Waals surface area contributed by atoms with E-state index in [1.165, 1.54) is 12.1 Å². The maximum Gasteiger partial charge on any atom is 0.263 e. The summed E-state index contributed by atoms with van der Waals surface area (Å²) in [6.07, 6.45) is 0. The van der Waals surface area contributed by atoms with Crippen LogP contribution in [-0.4, -0.2) is 27.5 Å². The molecular formula is C17H19ClN2O5S. The van der Waals surface area contributed by atoms with Gasteiger partial charge < -0.3 is 15.2 Å². The third kappa shape index (κ3) is 5.03. The molecule has 0 saturated carbocycles. The highest BCUT2D eigenvalue weighted by Gasteiger charge is 2.21. The maximum atomic E-state index is 12.7. The highest BCUT2D eigenvalue weighted by molar-refractivity contribution is 7.92. The van der Waals surface area contributed by atoms with Gasteiger partial charge in [-0.05, 0) is 49.7 Å². The molecule has 0 radical (unpaired) electrons. The predicted molar refractivity (Wildman–Crippen MR) is 99.3 cm³/mol. The van der Waals surface area contributed by atoms with Crippen LogP contribution in [0.25, 0.3) is 0 Å². The Hall–Kier alpha value is -2.45. The van der Waals surface area contributed by atoms with Crippen molar-refractivity contribution < 1.29 is 22.7 Å². The van der Waals surface area contributed by atoms with Gasteiger partial charge in [-0.1, -0.05) is 11.6 Å². The Morgan fingerprint density at radius 3 is 2.42 bits per heavy atom. The van der Waals surface area contributed by atoms with E-state index in [4.69, 9.17) is 26.8 Å². The molecule has 26 heavy (non-hydrogen) atoms. The molecule has 0 fully saturated rings. The zero-order valence-corrected chi connectivity index (χ0v) is 15.9. The number of sulfonamides is 1. The van der Waals surface area contributed by atoms with Crippen molar-refractivity contribution in [1.29, 1.82) is 0 Å². The lowest BCUT2D eigenvalue weighted by Gasteiger charge is -2.14. The maximum absolute atomic E-state index is 12.7. The molecule has 0 bridgehead atoms. The number of nitrogens with one attached hydrogen (secondary N) is 1. The van der Waals surface area contributed by atoms with Crippen LogP contribution in [0, 0.1) is 6.92 Å². The number of benzene rings is 2. The lowest BCUT2D eigenvalue weighted by atomic mass is 10.2. The summed E-state index contributed by atoms with van der Waals surface area (Å²) >= 11 is 6.10. The van der Waals surface area contributed by atoms with Crippen molar-refractivity contribution in [1.82, 2.24) is 0 Å². The van der Waals surface area contributed by atoms with Crippen LogP contribution in [0.3, 0.4) is 0 Å². The molecule has 0 aromatic heterocycles. The summed E-state index contributed by atoms with van der Waals surface area (Å²) in [4.78, 5) is 10.7. The van der Waals surface area contributed by atoms with E-state index in [0.29, 0.717) is 23.6 Å². The molecule has 2 aromatic rings. The van der Waals surface area contributed by atoms with Gasteiger partial charge in [0.1, 0.15) is 16.4 Å². The number of primary amides is 1. The van der Waals surface area contributed by atoms with Crippen LogP contribution >= 0.6 is 11.6 Å². The summed E-state index contributed by atoms with van der Waals surface area (Å²) in [6, 6.07) is 9.17. The first-order valence-electron chi connectivity index (χ1n) is 7.70. The molecule has 0 unspecified atom stereocenters. The van der Waals surface area contributed by atoms with E-state index in [-0.39, 0.29) is 22.3 Å². The van der Waals surface area contributed by atoms with Gasteiger partial charge in [0.05, 0.1) is 11.6 Å². The zero-order chi connectivity index (χ0) is 19.3. The molecule has 0 spiro atoms. The number of carbonyl (C=O) groups excluding carboxylic acids is 1. The molecule has 9 heteroatoms. The van der Waals surface area contributed by atoms with Crippen molar-refractivity contribution in [2.24, 2.45) is 5.73 Å². The van der Waals surface area contributed by atoms with E-state index in [0.717, 1.165) is 0 Å². The van der Waals surface area contributed by atoms with Gasteiger partial charge in [0.25, 0.3) is 15.9 Å². The van der Waals surface area contributed by atoms with Crippen LogP contribution in [0.2, 0.25) is 5.02 Å². The predicted octanol–water partition coefficient (Wildman–Crippen LogP) is 2.71. The Balaban J connectivity index is 2.29. The van der Waals surface area contributed by atoms with Crippen LogP contribution < -0.4 is 19.9 Å². The van der Waals surface area contributed by atoms with E-state index in [1.807, 2.05) is 6.92 Å². The summed E-state index contributed by atoms with van der Waals surface area (Å²) in [5.74, 6) is 0.169. The van der Waals surface area contributed by atoms with E-state index in [1.54, 1.807) is 31.2 Å². The lowest BCUT2D eigenvalue weighted by molar-refractivity contribution is -0.119. The van der Waals surface area contributed by atoms with Gasteiger partial charge in [-0.25, -0.2) is 8.42 Å². The third-order valence-corrected chi connectivity index (χ3v) is 5.15. The van der Waals surface area contributed by atoms with Crippen molar-refractivity contribution in [2.75, 3.05) is 17.9 Å². The van der Waals surface area contributed by atoms with E-state index >= 15 is 0 Å². The second-order valence-electron chi connectivity index (χ2n) is 5.37. The fourth-order valence-corrected chi connectivity index (χ4v) is 3.80. The topological polar surface area (TPSA) is 108 Å². The number of ether oxygens (including phenoxy) is 2. The molecule has 140 valence electrons. The van der Waals surface area contributed by atoms with Crippen LogP contribution in [0.4, 0.5) is 5.69 Å². The second kappa shape index (κ2) is 8.29. The number of carbonyl (C=O) groups is 1. The third-order valence-electron chi connectivity index (χ3n) is 3.31. The molecule has 0 heterocycles. The lowest BCUT2D eigenvalue weighted by Crippen LogP contribution is -2.20. The molecule has 7 nitrogen and oxygen atoms in total. The molecule has 2 rings (SSSR count). The van der Waals surface area contributed by atoms with Crippen molar-refractivity contribution in [3.63, 3.8) is 0 Å². The normalized spacial score (nSPS) is 11.0. The van der Waals surface area contributed by atoms with Crippen molar-refractivity contribution in [3.05, 3.63) is 47.0 Å². The number of nitrogens with two attached hydrogens (primary N) is 1. The van der Waals surface area contributed by atoms with Crippen molar-refractivity contribution in [3.8, 4) is 11.5 Å². The van der Waals surface area contributed by atoms with Crippen LogP contribution in [0.15, 0.2) is 41.3 Å². The highest BCUT2D eigenvalue weighted by atomic mass is 35.5. The van der Waals surface area contributed by atoms with Crippen LogP contribution in [0.5, 0.6) is 11.5 Å². The molecule has 0 aliphatic rings. The smallest absolute Gasteiger partial charge is 0.263 e. The first kappa shape index (κ1) is 19.9. The van der Waals surface area contributed by atoms with E-state index in [2.05, 4.69) is 4.72 Å². The van der Waals surface area contributed by atoms with Gasteiger partial charge in [-0.2, -0.15) is 0 Å². The molecule has 1 amide bonds. The second-order valence-corrected chi connectivity index (χ2v) is 7.42. The minimum atomic E-state index is -3.97. The van der Waals surface area contributed by atoms with E-state index < -0.39 is 15.9 Å². The van der Waals surface area contributed by atoms with Gasteiger partial charge in [0.2, 0.25) is 0 Å². The van der Waals surface area contributed by atoms with Crippen molar-refractivity contribution in [2.45, 2.75) is 18.7 Å². The highest BCUT2D eigenvalue weighted by Crippen LogP contribution is 2.31. The Kier molecular flexibility index (Phi) is 6.33. The number of aryl methyl sites for hydroxylation is 1. The fraction of sp³-hybridized carbons (Fsp3) is 0.235. The Morgan fingerprint density at radius 2 is 1.85 bits per heavy atom. The minimum Gasteiger partial charge on any atom is -0.494 e. The zero-order valence-electron chi connectivity index (χ0n) is 14.3. The average Bonchev–Trinajstić information content (AvgIpc) is 2.55. The van der Waals surface area contributed by atoms with E-state index in [9.17, 15) is 13.2 Å². The number of rotatable bonds is 8. The molecule has 0 aliphatic heterocycles. The molecule has 3 N–H and O–H groups in total. The molecule has 0 atom stereocenters. The van der Waals surface area contributed by atoms with Gasteiger partial charge in [-0.3, -0.25) is 9.52 Å². The Labute approximate surface area is 157 Å². The number of amides is 1. The first-order valence-corrected chi connectivity index (χ1v) is 9.56.